The third-order valence-electron chi connectivity index (χ3n) is 6.06. The van der Waals surface area contributed by atoms with Gasteiger partial charge in [0.05, 0.1) is 0 Å². The largest absolute Gasteiger partial charge is 0.458 e. The topological polar surface area (TPSA) is 26.3 Å². The molecule has 3 fully saturated rings. The van der Waals surface area contributed by atoms with Gasteiger partial charge < -0.3 is 4.74 Å². The first kappa shape index (κ1) is 12.5. The van der Waals surface area contributed by atoms with Crippen molar-refractivity contribution in [3.63, 3.8) is 0 Å². The van der Waals surface area contributed by atoms with Crippen molar-refractivity contribution in [2.45, 2.75) is 65.4 Å². The molecule has 0 aliphatic heterocycles. The predicted molar refractivity (Wildman–Crippen MR) is 71.0 cm³/mol. The summed E-state index contributed by atoms with van der Waals surface area (Å²) in [7, 11) is 0. The van der Waals surface area contributed by atoms with E-state index in [0.717, 1.165) is 24.2 Å². The summed E-state index contributed by atoms with van der Waals surface area (Å²) < 4.78 is 5.97. The molecule has 0 spiro atoms. The van der Waals surface area contributed by atoms with E-state index in [4.69, 9.17) is 4.74 Å². The molecular weight excluding hydrogens is 224 g/mol. The maximum atomic E-state index is 11.6. The molecule has 0 amide bonds. The van der Waals surface area contributed by atoms with Crippen molar-refractivity contribution in [3.8, 4) is 0 Å². The fraction of sp³-hybridized carbons (Fsp3) is 0.938. The van der Waals surface area contributed by atoms with Crippen LogP contribution in [0.4, 0.5) is 0 Å². The fourth-order valence-electron chi connectivity index (χ4n) is 5.48. The molecule has 0 N–H and O–H groups in total. The van der Waals surface area contributed by atoms with Gasteiger partial charge in [-0.05, 0) is 43.4 Å². The van der Waals surface area contributed by atoms with Gasteiger partial charge in [0.25, 0.3) is 0 Å². The Morgan fingerprint density at radius 3 is 2.50 bits per heavy atom. The average molecular weight is 250 g/mol. The van der Waals surface area contributed by atoms with E-state index in [1.165, 1.54) is 25.7 Å². The van der Waals surface area contributed by atoms with E-state index in [-0.39, 0.29) is 17.0 Å². The Morgan fingerprint density at radius 2 is 1.89 bits per heavy atom. The van der Waals surface area contributed by atoms with Crippen molar-refractivity contribution >= 4 is 5.97 Å². The van der Waals surface area contributed by atoms with Gasteiger partial charge in [0.15, 0.2) is 0 Å². The summed E-state index contributed by atoms with van der Waals surface area (Å²) in [5.41, 5.74) is -0.124. The standard InChI is InChI=1S/C16H26O2/c1-10(17)18-16(15(2,3)4)9-11-8-14(16)13-7-5-6-12(11)13/h11-14H,5-9H2,1-4H3. The van der Waals surface area contributed by atoms with Crippen LogP contribution >= 0.6 is 0 Å². The first-order chi connectivity index (χ1) is 8.35. The number of hydrogen-bond acceptors (Lipinski definition) is 2. The smallest absolute Gasteiger partial charge is 0.303 e. The second-order valence-electron chi connectivity index (χ2n) is 7.80. The van der Waals surface area contributed by atoms with Gasteiger partial charge in [0, 0.05) is 18.3 Å². The summed E-state index contributed by atoms with van der Waals surface area (Å²) in [5, 5.41) is 0. The molecule has 2 bridgehead atoms. The molecule has 0 aromatic heterocycles. The quantitative estimate of drug-likeness (QED) is 0.662. The van der Waals surface area contributed by atoms with Crippen LogP contribution in [0.5, 0.6) is 0 Å². The van der Waals surface area contributed by atoms with Gasteiger partial charge in [0.1, 0.15) is 5.60 Å². The number of carbonyl (C=O) groups is 1. The monoisotopic (exact) mass is 250 g/mol. The molecule has 3 aliphatic rings. The zero-order valence-corrected chi connectivity index (χ0v) is 12.2. The van der Waals surface area contributed by atoms with E-state index in [1.54, 1.807) is 6.92 Å². The highest BCUT2D eigenvalue weighted by Crippen LogP contribution is 2.67. The molecular formula is C16H26O2. The van der Waals surface area contributed by atoms with Crippen LogP contribution in [0.3, 0.4) is 0 Å². The fourth-order valence-corrected chi connectivity index (χ4v) is 5.48. The molecule has 5 unspecified atom stereocenters. The Morgan fingerprint density at radius 1 is 1.22 bits per heavy atom. The first-order valence-electron chi connectivity index (χ1n) is 7.55. The average Bonchev–Trinajstić information content (AvgIpc) is 2.81. The number of rotatable bonds is 1. The van der Waals surface area contributed by atoms with E-state index in [9.17, 15) is 4.79 Å². The number of hydrogen-bond donors (Lipinski definition) is 0. The predicted octanol–water partition coefficient (Wildman–Crippen LogP) is 3.79. The summed E-state index contributed by atoms with van der Waals surface area (Å²) in [6, 6.07) is 0. The number of fused-ring (bicyclic) bond motifs is 5. The van der Waals surface area contributed by atoms with Crippen molar-refractivity contribution < 1.29 is 9.53 Å². The SMILES string of the molecule is CC(=O)OC1(C(C)(C)C)CC2CC1C1CCCC21. The van der Waals surface area contributed by atoms with Crippen LogP contribution in [0.1, 0.15) is 59.8 Å². The van der Waals surface area contributed by atoms with Gasteiger partial charge in [-0.2, -0.15) is 0 Å². The van der Waals surface area contributed by atoms with Crippen molar-refractivity contribution in [1.82, 2.24) is 0 Å². The van der Waals surface area contributed by atoms with Gasteiger partial charge in [0.2, 0.25) is 0 Å². The van der Waals surface area contributed by atoms with Crippen LogP contribution in [0.25, 0.3) is 0 Å². The lowest BCUT2D eigenvalue weighted by Gasteiger charge is -2.50. The Bertz CT molecular complexity index is 368. The van der Waals surface area contributed by atoms with E-state index in [1.807, 2.05) is 0 Å². The van der Waals surface area contributed by atoms with E-state index in [0.29, 0.717) is 5.92 Å². The van der Waals surface area contributed by atoms with Crippen LogP contribution in [-0.2, 0) is 9.53 Å². The molecule has 3 aliphatic carbocycles. The molecule has 0 aromatic carbocycles. The number of esters is 1. The van der Waals surface area contributed by atoms with Crippen LogP contribution in [-0.4, -0.2) is 11.6 Å². The maximum Gasteiger partial charge on any atom is 0.303 e. The third-order valence-corrected chi connectivity index (χ3v) is 6.06. The Kier molecular flexibility index (Phi) is 2.60. The molecule has 0 saturated heterocycles. The second-order valence-corrected chi connectivity index (χ2v) is 7.80. The minimum Gasteiger partial charge on any atom is -0.458 e. The summed E-state index contributed by atoms with van der Waals surface area (Å²) in [6.07, 6.45) is 6.60. The molecule has 3 saturated carbocycles. The van der Waals surface area contributed by atoms with Gasteiger partial charge >= 0.3 is 5.97 Å². The van der Waals surface area contributed by atoms with Gasteiger partial charge in [-0.15, -0.1) is 0 Å². The highest BCUT2D eigenvalue weighted by atomic mass is 16.6. The van der Waals surface area contributed by atoms with Crippen LogP contribution in [0.2, 0.25) is 0 Å². The van der Waals surface area contributed by atoms with Gasteiger partial charge in [-0.1, -0.05) is 27.2 Å². The Hall–Kier alpha value is -0.530. The summed E-state index contributed by atoms with van der Waals surface area (Å²) >= 11 is 0. The van der Waals surface area contributed by atoms with E-state index >= 15 is 0 Å². The molecule has 2 nitrogen and oxygen atoms in total. The lowest BCUT2D eigenvalue weighted by Crippen LogP contribution is -2.53. The number of ether oxygens (including phenoxy) is 1. The van der Waals surface area contributed by atoms with Crippen molar-refractivity contribution in [3.05, 3.63) is 0 Å². The number of carbonyl (C=O) groups excluding carboxylic acids is 1. The molecule has 0 radical (unpaired) electrons. The second kappa shape index (κ2) is 3.74. The van der Waals surface area contributed by atoms with Crippen LogP contribution < -0.4 is 0 Å². The summed E-state index contributed by atoms with van der Waals surface area (Å²) in [4.78, 5) is 11.6. The van der Waals surface area contributed by atoms with Crippen molar-refractivity contribution in [2.24, 2.45) is 29.1 Å². The zero-order chi connectivity index (χ0) is 13.1. The molecule has 0 heterocycles. The molecule has 3 rings (SSSR count). The lowest BCUT2D eigenvalue weighted by molar-refractivity contribution is -0.188. The van der Waals surface area contributed by atoms with Crippen molar-refractivity contribution in [2.75, 3.05) is 0 Å². The highest BCUT2D eigenvalue weighted by Gasteiger charge is 2.66. The normalized spacial score (nSPS) is 46.2. The highest BCUT2D eigenvalue weighted by molar-refractivity contribution is 5.67. The van der Waals surface area contributed by atoms with Crippen molar-refractivity contribution in [1.29, 1.82) is 0 Å². The van der Waals surface area contributed by atoms with Gasteiger partial charge in [-0.25, -0.2) is 0 Å². The minimum atomic E-state index is -0.186. The zero-order valence-electron chi connectivity index (χ0n) is 12.2. The van der Waals surface area contributed by atoms with Crippen LogP contribution in [0.15, 0.2) is 0 Å². The lowest BCUT2D eigenvalue weighted by atomic mass is 9.62. The molecule has 0 aromatic rings. The van der Waals surface area contributed by atoms with E-state index in [2.05, 4.69) is 20.8 Å². The minimum absolute atomic E-state index is 0.0612. The molecule has 5 atom stereocenters. The third kappa shape index (κ3) is 1.50. The molecule has 102 valence electrons. The van der Waals surface area contributed by atoms with Crippen LogP contribution in [0, 0.1) is 29.1 Å². The van der Waals surface area contributed by atoms with Gasteiger partial charge in [-0.3, -0.25) is 4.79 Å². The van der Waals surface area contributed by atoms with E-state index < -0.39 is 0 Å². The maximum absolute atomic E-state index is 11.6. The first-order valence-corrected chi connectivity index (χ1v) is 7.55. The summed E-state index contributed by atoms with van der Waals surface area (Å²) in [6.45, 7) is 8.33. The molecule has 2 heteroatoms. The molecule has 18 heavy (non-hydrogen) atoms. The Balaban J connectivity index is 1.95. The Labute approximate surface area is 110 Å². The summed E-state index contributed by atoms with van der Waals surface area (Å²) in [5.74, 6) is 3.13.